The molecule has 41 heavy (non-hydrogen) atoms. The van der Waals surface area contributed by atoms with Crippen molar-refractivity contribution in [1.29, 1.82) is 0 Å². The number of amides is 1. The highest BCUT2D eigenvalue weighted by Gasteiger charge is 2.31. The van der Waals surface area contributed by atoms with Gasteiger partial charge in [0.2, 0.25) is 5.91 Å². The van der Waals surface area contributed by atoms with Gasteiger partial charge in [-0.1, -0.05) is 18.2 Å². The largest absolute Gasteiger partial charge is 0.573 e. The van der Waals surface area contributed by atoms with E-state index in [4.69, 9.17) is 0 Å². The summed E-state index contributed by atoms with van der Waals surface area (Å²) in [6.45, 7) is 1.38. The first-order chi connectivity index (χ1) is 19.7. The van der Waals surface area contributed by atoms with Gasteiger partial charge in [-0.05, 0) is 48.4 Å². The molecule has 3 aromatic heterocycles. The van der Waals surface area contributed by atoms with Crippen molar-refractivity contribution in [3.05, 3.63) is 82.1 Å². The Kier molecular flexibility index (Phi) is 8.47. The molecular weight excluding hydrogens is 559 g/mol. The summed E-state index contributed by atoms with van der Waals surface area (Å²) in [5, 5.41) is 20.9. The van der Waals surface area contributed by atoms with Gasteiger partial charge < -0.3 is 15.0 Å². The molecule has 212 valence electrons. The second-order valence-corrected chi connectivity index (χ2v) is 10.5. The van der Waals surface area contributed by atoms with E-state index in [1.807, 2.05) is 6.07 Å². The smallest absolute Gasteiger partial charge is 0.406 e. The first-order valence-electron chi connectivity index (χ1n) is 12.7. The third-order valence-electron chi connectivity index (χ3n) is 6.21. The van der Waals surface area contributed by atoms with Crippen molar-refractivity contribution in [3.63, 3.8) is 0 Å². The molecule has 1 aliphatic heterocycles. The number of benzene rings is 1. The molecule has 1 saturated heterocycles. The quantitative estimate of drug-likeness (QED) is 0.293. The lowest BCUT2D eigenvalue weighted by molar-refractivity contribution is -0.274. The fourth-order valence-corrected chi connectivity index (χ4v) is 5.40. The van der Waals surface area contributed by atoms with Crippen LogP contribution in [0.4, 0.5) is 24.8 Å². The van der Waals surface area contributed by atoms with Gasteiger partial charge in [0.05, 0.1) is 12.8 Å². The minimum absolute atomic E-state index is 0.0391. The fraction of sp³-hybridized carbons (Fsp3) is 0.296. The summed E-state index contributed by atoms with van der Waals surface area (Å²) in [4.78, 5) is 31.0. The summed E-state index contributed by atoms with van der Waals surface area (Å²) in [6, 6.07) is 14.3. The maximum atomic E-state index is 12.6. The SMILES string of the molecule is O=C(Cc1cccc(OC(F)(F)F)c1)Cc1nnc(C2CCN(c3ccc(NC(=O)Cc4ccccn4)nn3)C2)s1. The second-order valence-electron chi connectivity index (χ2n) is 9.38. The average molecular weight is 584 g/mol. The van der Waals surface area contributed by atoms with E-state index in [1.165, 1.54) is 29.5 Å². The first kappa shape index (κ1) is 28.1. The van der Waals surface area contributed by atoms with Gasteiger partial charge in [0.25, 0.3) is 0 Å². The second kappa shape index (κ2) is 12.4. The van der Waals surface area contributed by atoms with Crippen LogP contribution >= 0.6 is 11.3 Å². The predicted molar refractivity (Wildman–Crippen MR) is 144 cm³/mol. The van der Waals surface area contributed by atoms with Crippen LogP contribution in [0.2, 0.25) is 0 Å². The number of aromatic nitrogens is 5. The Morgan fingerprint density at radius 2 is 1.88 bits per heavy atom. The van der Waals surface area contributed by atoms with E-state index in [0.717, 1.165) is 18.0 Å². The van der Waals surface area contributed by atoms with Gasteiger partial charge in [-0.25, -0.2) is 0 Å². The van der Waals surface area contributed by atoms with E-state index in [-0.39, 0.29) is 42.6 Å². The average Bonchev–Trinajstić information content (AvgIpc) is 3.59. The molecule has 0 spiro atoms. The highest BCUT2D eigenvalue weighted by Crippen LogP contribution is 2.32. The Balaban J connectivity index is 1.11. The molecule has 1 atom stereocenters. The number of hydrogen-bond donors (Lipinski definition) is 1. The molecule has 0 aliphatic carbocycles. The molecule has 5 rings (SSSR count). The molecule has 1 aromatic carbocycles. The van der Waals surface area contributed by atoms with Crippen LogP contribution in [0.3, 0.4) is 0 Å². The third kappa shape index (κ3) is 8.03. The van der Waals surface area contributed by atoms with Gasteiger partial charge >= 0.3 is 6.36 Å². The van der Waals surface area contributed by atoms with Gasteiger partial charge in [-0.3, -0.25) is 14.6 Å². The van der Waals surface area contributed by atoms with E-state index in [9.17, 15) is 22.8 Å². The lowest BCUT2D eigenvalue weighted by Gasteiger charge is -2.16. The van der Waals surface area contributed by atoms with Gasteiger partial charge in [-0.15, -0.1) is 44.9 Å². The van der Waals surface area contributed by atoms with Crippen LogP contribution in [0.5, 0.6) is 5.75 Å². The van der Waals surface area contributed by atoms with Crippen molar-refractivity contribution in [1.82, 2.24) is 25.4 Å². The number of nitrogens with zero attached hydrogens (tertiary/aromatic N) is 6. The van der Waals surface area contributed by atoms with E-state index >= 15 is 0 Å². The summed E-state index contributed by atoms with van der Waals surface area (Å²) < 4.78 is 41.3. The number of halogens is 3. The molecule has 1 amide bonds. The molecule has 1 N–H and O–H groups in total. The molecule has 1 aliphatic rings. The van der Waals surface area contributed by atoms with Crippen LogP contribution in [0.1, 0.15) is 33.6 Å². The van der Waals surface area contributed by atoms with Crippen LogP contribution in [-0.2, 0) is 28.9 Å². The Morgan fingerprint density at radius 1 is 1.00 bits per heavy atom. The third-order valence-corrected chi connectivity index (χ3v) is 7.30. The van der Waals surface area contributed by atoms with E-state index in [0.29, 0.717) is 34.4 Å². The highest BCUT2D eigenvalue weighted by atomic mass is 32.1. The molecule has 0 radical (unpaired) electrons. The Hall–Kier alpha value is -4.46. The molecule has 0 bridgehead atoms. The number of nitrogens with one attached hydrogen (secondary N) is 1. The molecule has 14 heteroatoms. The Labute approximate surface area is 236 Å². The molecule has 4 aromatic rings. The standard InChI is InChI=1S/C27H24F3N7O3S/c28-27(29,30)40-21-6-3-4-17(13-21)12-20(38)15-25-35-36-26(41-25)18-9-11-37(16-18)23-8-7-22(33-34-23)32-24(39)14-19-5-1-2-10-31-19/h1-8,10,13,18H,9,11-12,14-16H2,(H,32,33,39). The Bertz CT molecular complexity index is 1500. The predicted octanol–water partition coefficient (Wildman–Crippen LogP) is 4.15. The summed E-state index contributed by atoms with van der Waals surface area (Å²) in [5.41, 5.74) is 1.08. The van der Waals surface area contributed by atoms with E-state index in [2.05, 4.69) is 40.3 Å². The van der Waals surface area contributed by atoms with Gasteiger partial charge in [0, 0.05) is 37.3 Å². The normalized spacial score (nSPS) is 15.1. The number of pyridine rings is 1. The lowest BCUT2D eigenvalue weighted by atomic mass is 10.1. The van der Waals surface area contributed by atoms with Crippen molar-refractivity contribution < 1.29 is 27.5 Å². The topological polar surface area (TPSA) is 123 Å². The monoisotopic (exact) mass is 583 g/mol. The van der Waals surface area contributed by atoms with Gasteiger partial charge in [0.1, 0.15) is 21.5 Å². The summed E-state index contributed by atoms with van der Waals surface area (Å²) in [7, 11) is 0. The minimum atomic E-state index is -4.80. The van der Waals surface area contributed by atoms with Crippen LogP contribution in [0.25, 0.3) is 0 Å². The summed E-state index contributed by atoms with van der Waals surface area (Å²) in [6.07, 6.45) is -2.21. The van der Waals surface area contributed by atoms with Crippen molar-refractivity contribution in [2.24, 2.45) is 0 Å². The van der Waals surface area contributed by atoms with Crippen LogP contribution < -0.4 is 15.0 Å². The zero-order valence-electron chi connectivity index (χ0n) is 21.5. The number of rotatable bonds is 10. The van der Waals surface area contributed by atoms with Crippen LogP contribution in [0.15, 0.2) is 60.8 Å². The van der Waals surface area contributed by atoms with Crippen molar-refractivity contribution in [2.45, 2.75) is 38.0 Å². The summed E-state index contributed by atoms with van der Waals surface area (Å²) in [5.74, 6) is 0.341. The molecule has 0 saturated carbocycles. The van der Waals surface area contributed by atoms with E-state index < -0.39 is 6.36 Å². The molecule has 1 fully saturated rings. The molecule has 4 heterocycles. The summed E-state index contributed by atoms with van der Waals surface area (Å²) >= 11 is 1.36. The van der Waals surface area contributed by atoms with E-state index in [1.54, 1.807) is 36.5 Å². The fourth-order valence-electron chi connectivity index (χ4n) is 4.40. The van der Waals surface area contributed by atoms with Gasteiger partial charge in [0.15, 0.2) is 11.6 Å². The first-order valence-corrected chi connectivity index (χ1v) is 13.5. The van der Waals surface area contributed by atoms with Gasteiger partial charge in [-0.2, -0.15) is 0 Å². The molecule has 1 unspecified atom stereocenters. The number of carbonyl (C=O) groups excluding carboxylic acids is 2. The number of alkyl halides is 3. The minimum Gasteiger partial charge on any atom is -0.406 e. The molecular formula is C27H24F3N7O3S. The number of anilines is 2. The maximum absolute atomic E-state index is 12.6. The van der Waals surface area contributed by atoms with Crippen LogP contribution in [0, 0.1) is 0 Å². The molecule has 10 nitrogen and oxygen atoms in total. The number of Topliss-reactive ketones (excluding diaryl/α,β-unsaturated/α-hetero) is 1. The lowest BCUT2D eigenvalue weighted by Crippen LogP contribution is -2.21. The highest BCUT2D eigenvalue weighted by molar-refractivity contribution is 7.11. The van der Waals surface area contributed by atoms with Crippen molar-refractivity contribution in [3.8, 4) is 5.75 Å². The zero-order valence-corrected chi connectivity index (χ0v) is 22.4. The maximum Gasteiger partial charge on any atom is 0.573 e. The van der Waals surface area contributed by atoms with Crippen molar-refractivity contribution in [2.75, 3.05) is 23.3 Å². The number of ether oxygens (including phenoxy) is 1. The number of ketones is 1. The Morgan fingerprint density at radius 3 is 2.63 bits per heavy atom. The van der Waals surface area contributed by atoms with Crippen LogP contribution in [-0.4, -0.2) is 56.5 Å². The van der Waals surface area contributed by atoms with Crippen molar-refractivity contribution >= 4 is 34.7 Å². The number of carbonyl (C=O) groups is 2. The zero-order chi connectivity index (χ0) is 28.8. The number of hydrogen-bond acceptors (Lipinski definition) is 10.